The Kier molecular flexibility index (Phi) is 3.05. The molecule has 1 heterocycles. The predicted octanol–water partition coefficient (Wildman–Crippen LogP) is 1.93. The lowest BCUT2D eigenvalue weighted by atomic mass is 10.2. The minimum atomic E-state index is 0.0735. The van der Waals surface area contributed by atoms with Gasteiger partial charge < -0.3 is 5.73 Å². The minimum Gasteiger partial charge on any atom is -0.330 e. The summed E-state index contributed by atoms with van der Waals surface area (Å²) in [6, 6.07) is 3.45. The van der Waals surface area contributed by atoms with E-state index in [0.717, 1.165) is 0 Å². The van der Waals surface area contributed by atoms with Crippen molar-refractivity contribution in [2.45, 2.75) is 6.42 Å². The van der Waals surface area contributed by atoms with Crippen molar-refractivity contribution in [1.82, 2.24) is 0 Å². The molecule has 0 bridgehead atoms. The van der Waals surface area contributed by atoms with Gasteiger partial charge in [0.05, 0.1) is 9.21 Å². The molecule has 0 spiro atoms. The maximum absolute atomic E-state index is 11.1. The van der Waals surface area contributed by atoms with Crippen molar-refractivity contribution in [2.75, 3.05) is 6.54 Å². The molecule has 0 atom stereocenters. The highest BCUT2D eigenvalue weighted by Crippen LogP contribution is 2.22. The highest BCUT2D eigenvalue weighted by molar-refractivity contribution is 7.18. The van der Waals surface area contributed by atoms with E-state index in [1.807, 2.05) is 0 Å². The molecule has 0 aromatic carbocycles. The summed E-state index contributed by atoms with van der Waals surface area (Å²) in [6.45, 7) is 0.397. The maximum Gasteiger partial charge on any atom is 0.174 e. The number of nitrogens with two attached hydrogens (primary N) is 1. The molecule has 0 aliphatic carbocycles. The standard InChI is InChI=1S/C7H8ClNOS/c8-7-2-1-6(11-7)5(10)3-4-9/h1-2H,3-4,9H2. The SMILES string of the molecule is NCCC(=O)c1ccc(Cl)s1. The van der Waals surface area contributed by atoms with Crippen LogP contribution in [0.1, 0.15) is 16.1 Å². The van der Waals surface area contributed by atoms with E-state index >= 15 is 0 Å². The van der Waals surface area contributed by atoms with Crippen LogP contribution in [0.15, 0.2) is 12.1 Å². The summed E-state index contributed by atoms with van der Waals surface area (Å²) in [6.07, 6.45) is 0.400. The molecule has 1 aromatic rings. The van der Waals surface area contributed by atoms with Crippen LogP contribution in [0.25, 0.3) is 0 Å². The number of hydrogen-bond donors (Lipinski definition) is 1. The molecule has 60 valence electrons. The number of ketones is 1. The molecule has 2 N–H and O–H groups in total. The molecule has 0 fully saturated rings. The second kappa shape index (κ2) is 3.85. The first-order valence-electron chi connectivity index (χ1n) is 3.22. The fourth-order valence-electron chi connectivity index (χ4n) is 0.718. The summed E-state index contributed by atoms with van der Waals surface area (Å²) in [7, 11) is 0. The smallest absolute Gasteiger partial charge is 0.174 e. The van der Waals surface area contributed by atoms with Crippen LogP contribution in [0.5, 0.6) is 0 Å². The van der Waals surface area contributed by atoms with Gasteiger partial charge in [-0.1, -0.05) is 11.6 Å². The summed E-state index contributed by atoms with van der Waals surface area (Å²) >= 11 is 6.94. The van der Waals surface area contributed by atoms with Gasteiger partial charge in [0.25, 0.3) is 0 Å². The Balaban J connectivity index is 2.69. The molecule has 0 amide bonds. The van der Waals surface area contributed by atoms with Crippen molar-refractivity contribution in [2.24, 2.45) is 5.73 Å². The zero-order chi connectivity index (χ0) is 8.27. The highest BCUT2D eigenvalue weighted by atomic mass is 35.5. The van der Waals surface area contributed by atoms with Crippen molar-refractivity contribution in [1.29, 1.82) is 0 Å². The third-order valence-corrected chi connectivity index (χ3v) is 2.49. The fourth-order valence-corrected chi connectivity index (χ4v) is 1.73. The molecule has 1 rings (SSSR count). The van der Waals surface area contributed by atoms with Gasteiger partial charge in [-0.25, -0.2) is 0 Å². The highest BCUT2D eigenvalue weighted by Gasteiger charge is 2.06. The van der Waals surface area contributed by atoms with Gasteiger partial charge in [-0.05, 0) is 18.7 Å². The largest absolute Gasteiger partial charge is 0.330 e. The Hall–Kier alpha value is -0.380. The molecule has 2 nitrogen and oxygen atoms in total. The molecule has 0 unspecified atom stereocenters. The maximum atomic E-state index is 11.1. The number of halogens is 1. The Labute approximate surface area is 74.0 Å². The molecule has 0 saturated heterocycles. The van der Waals surface area contributed by atoms with Gasteiger partial charge >= 0.3 is 0 Å². The molecular weight excluding hydrogens is 182 g/mol. The lowest BCUT2D eigenvalue weighted by Gasteiger charge is -1.91. The molecule has 0 radical (unpaired) electrons. The second-order valence-corrected chi connectivity index (χ2v) is 3.78. The van der Waals surface area contributed by atoms with Gasteiger partial charge in [0, 0.05) is 6.42 Å². The molecule has 4 heteroatoms. The molecule has 1 aromatic heterocycles. The number of carbonyl (C=O) groups is 1. The van der Waals surface area contributed by atoms with Crippen LogP contribution in [0.3, 0.4) is 0 Å². The van der Waals surface area contributed by atoms with Gasteiger partial charge in [0.1, 0.15) is 0 Å². The van der Waals surface area contributed by atoms with Crippen LogP contribution in [-0.2, 0) is 0 Å². The first-order valence-corrected chi connectivity index (χ1v) is 4.42. The Morgan fingerprint density at radius 1 is 1.64 bits per heavy atom. The number of rotatable bonds is 3. The van der Waals surface area contributed by atoms with Crippen LogP contribution in [-0.4, -0.2) is 12.3 Å². The van der Waals surface area contributed by atoms with Crippen LogP contribution < -0.4 is 5.73 Å². The lowest BCUT2D eigenvalue weighted by molar-refractivity contribution is 0.0989. The van der Waals surface area contributed by atoms with Crippen LogP contribution in [0.2, 0.25) is 4.34 Å². The normalized spacial score (nSPS) is 10.0. The Morgan fingerprint density at radius 2 is 2.36 bits per heavy atom. The number of Topliss-reactive ketones (excluding diaryl/α,β-unsaturated/α-hetero) is 1. The van der Waals surface area contributed by atoms with E-state index in [2.05, 4.69) is 0 Å². The van der Waals surface area contributed by atoms with E-state index < -0.39 is 0 Å². The summed E-state index contributed by atoms with van der Waals surface area (Å²) in [5, 5.41) is 0. The van der Waals surface area contributed by atoms with Crippen molar-refractivity contribution < 1.29 is 4.79 Å². The van der Waals surface area contributed by atoms with Crippen molar-refractivity contribution in [3.05, 3.63) is 21.3 Å². The minimum absolute atomic E-state index is 0.0735. The van der Waals surface area contributed by atoms with E-state index in [0.29, 0.717) is 22.2 Å². The van der Waals surface area contributed by atoms with Crippen molar-refractivity contribution in [3.8, 4) is 0 Å². The van der Waals surface area contributed by atoms with E-state index in [-0.39, 0.29) is 5.78 Å². The third kappa shape index (κ3) is 2.29. The van der Waals surface area contributed by atoms with Gasteiger partial charge in [-0.2, -0.15) is 0 Å². The van der Waals surface area contributed by atoms with E-state index in [1.165, 1.54) is 11.3 Å². The fraction of sp³-hybridized carbons (Fsp3) is 0.286. The molecular formula is C7H8ClNOS. The van der Waals surface area contributed by atoms with Crippen LogP contribution in [0.4, 0.5) is 0 Å². The average molecular weight is 190 g/mol. The number of hydrogen-bond acceptors (Lipinski definition) is 3. The van der Waals surface area contributed by atoms with Crippen molar-refractivity contribution >= 4 is 28.7 Å². The zero-order valence-corrected chi connectivity index (χ0v) is 7.41. The molecule has 11 heavy (non-hydrogen) atoms. The summed E-state index contributed by atoms with van der Waals surface area (Å²) in [5.74, 6) is 0.0735. The molecule has 0 saturated carbocycles. The van der Waals surface area contributed by atoms with Gasteiger partial charge in [0.2, 0.25) is 0 Å². The summed E-state index contributed by atoms with van der Waals surface area (Å²) in [4.78, 5) is 11.8. The number of thiophene rings is 1. The quantitative estimate of drug-likeness (QED) is 0.739. The average Bonchev–Trinajstić information content (AvgIpc) is 2.36. The Bertz CT molecular complexity index is 259. The van der Waals surface area contributed by atoms with Crippen LogP contribution in [0, 0.1) is 0 Å². The first-order chi connectivity index (χ1) is 5.24. The van der Waals surface area contributed by atoms with Gasteiger partial charge in [-0.3, -0.25) is 4.79 Å². The zero-order valence-electron chi connectivity index (χ0n) is 5.84. The van der Waals surface area contributed by atoms with E-state index in [9.17, 15) is 4.79 Å². The molecule has 0 aliphatic rings. The summed E-state index contributed by atoms with van der Waals surface area (Å²) in [5.41, 5.74) is 5.22. The molecule has 0 aliphatic heterocycles. The number of carbonyl (C=O) groups excluding carboxylic acids is 1. The topological polar surface area (TPSA) is 43.1 Å². The van der Waals surface area contributed by atoms with E-state index in [1.54, 1.807) is 12.1 Å². The second-order valence-electron chi connectivity index (χ2n) is 2.07. The third-order valence-electron chi connectivity index (χ3n) is 1.22. The predicted molar refractivity (Wildman–Crippen MR) is 47.3 cm³/mol. The Morgan fingerprint density at radius 3 is 2.82 bits per heavy atom. The van der Waals surface area contributed by atoms with E-state index in [4.69, 9.17) is 17.3 Å². The van der Waals surface area contributed by atoms with Crippen LogP contribution >= 0.6 is 22.9 Å². The van der Waals surface area contributed by atoms with Gasteiger partial charge in [-0.15, -0.1) is 11.3 Å². The monoisotopic (exact) mass is 189 g/mol. The lowest BCUT2D eigenvalue weighted by Crippen LogP contribution is -2.06. The first kappa shape index (κ1) is 8.71. The summed E-state index contributed by atoms with van der Waals surface area (Å²) < 4.78 is 0.644. The van der Waals surface area contributed by atoms with Gasteiger partial charge in [0.15, 0.2) is 5.78 Å². The van der Waals surface area contributed by atoms with Crippen molar-refractivity contribution in [3.63, 3.8) is 0 Å².